The number of hydrogen-bond donors (Lipinski definition) is 2. The zero-order chi connectivity index (χ0) is 21.5. The summed E-state index contributed by atoms with van der Waals surface area (Å²) >= 11 is 0. The number of aromatic nitrogens is 3. The summed E-state index contributed by atoms with van der Waals surface area (Å²) in [6.45, 7) is 3.15. The number of aryl methyl sites for hydroxylation is 1. The first-order valence-corrected chi connectivity index (χ1v) is 9.79. The van der Waals surface area contributed by atoms with Crippen molar-refractivity contribution in [2.75, 3.05) is 32.7 Å². The molecule has 0 unspecified atom stereocenters. The summed E-state index contributed by atoms with van der Waals surface area (Å²) in [6, 6.07) is 3.11. The first-order chi connectivity index (χ1) is 14.5. The lowest BCUT2D eigenvalue weighted by Crippen LogP contribution is -2.35. The Morgan fingerprint density at radius 2 is 2.10 bits per heavy atom. The quantitative estimate of drug-likeness (QED) is 0.644. The Bertz CT molecular complexity index is 943. The van der Waals surface area contributed by atoms with E-state index in [-0.39, 0.29) is 12.1 Å². The highest BCUT2D eigenvalue weighted by molar-refractivity contribution is 5.88. The van der Waals surface area contributed by atoms with E-state index < -0.39 is 0 Å². The zero-order valence-electron chi connectivity index (χ0n) is 17.7. The number of amides is 2. The van der Waals surface area contributed by atoms with Crippen LogP contribution >= 0.6 is 0 Å². The standard InChI is InChI=1S/C21H27N5O4/c1-14(30-13-15-5-6-15)11-23-21(27)24-19-10-17(26(2)25-19)8-7-16-9-18(28-3)20(29-4)22-12-16/h9-10,12,14-15H,5-6,11,13H2,1-4H3,(H2,23,24,25,27)/t14-/m0/s1. The number of anilines is 1. The molecule has 9 heteroatoms. The summed E-state index contributed by atoms with van der Waals surface area (Å²) in [5.74, 6) is 8.04. The fourth-order valence-electron chi connectivity index (χ4n) is 2.62. The van der Waals surface area contributed by atoms with Gasteiger partial charge in [0.25, 0.3) is 5.88 Å². The van der Waals surface area contributed by atoms with Crippen LogP contribution in [0.15, 0.2) is 18.3 Å². The molecular weight excluding hydrogens is 386 g/mol. The van der Waals surface area contributed by atoms with Gasteiger partial charge in [-0.2, -0.15) is 5.10 Å². The molecule has 0 bridgehead atoms. The number of rotatable bonds is 8. The van der Waals surface area contributed by atoms with E-state index in [2.05, 4.69) is 32.6 Å². The van der Waals surface area contributed by atoms with Crippen LogP contribution in [0.4, 0.5) is 10.6 Å². The predicted molar refractivity (Wildman–Crippen MR) is 112 cm³/mol. The van der Waals surface area contributed by atoms with Crippen LogP contribution in [-0.2, 0) is 11.8 Å². The second-order valence-corrected chi connectivity index (χ2v) is 7.15. The van der Waals surface area contributed by atoms with Crippen LogP contribution in [0.25, 0.3) is 0 Å². The van der Waals surface area contributed by atoms with E-state index >= 15 is 0 Å². The molecule has 9 nitrogen and oxygen atoms in total. The maximum Gasteiger partial charge on any atom is 0.320 e. The van der Waals surface area contributed by atoms with Crippen LogP contribution in [0, 0.1) is 17.8 Å². The van der Waals surface area contributed by atoms with E-state index in [1.54, 1.807) is 37.2 Å². The van der Waals surface area contributed by atoms with Gasteiger partial charge in [0.15, 0.2) is 11.6 Å². The molecular formula is C21H27N5O4. The van der Waals surface area contributed by atoms with Crippen molar-refractivity contribution in [3.63, 3.8) is 0 Å². The van der Waals surface area contributed by atoms with Gasteiger partial charge >= 0.3 is 6.03 Å². The summed E-state index contributed by atoms with van der Waals surface area (Å²) in [4.78, 5) is 16.3. The van der Waals surface area contributed by atoms with Crippen LogP contribution in [0.2, 0.25) is 0 Å². The lowest BCUT2D eigenvalue weighted by Gasteiger charge is -2.13. The number of hydrogen-bond acceptors (Lipinski definition) is 6. The van der Waals surface area contributed by atoms with Crippen LogP contribution in [-0.4, -0.2) is 54.3 Å². The molecule has 2 N–H and O–H groups in total. The summed E-state index contributed by atoms with van der Waals surface area (Å²) in [5.41, 5.74) is 1.31. The lowest BCUT2D eigenvalue weighted by atomic mass is 10.2. The Kier molecular flexibility index (Phi) is 7.14. The molecule has 0 radical (unpaired) electrons. The minimum absolute atomic E-state index is 0.0309. The van der Waals surface area contributed by atoms with Crippen LogP contribution in [0.1, 0.15) is 31.0 Å². The van der Waals surface area contributed by atoms with Crippen molar-refractivity contribution in [3.05, 3.63) is 29.6 Å². The molecule has 160 valence electrons. The second-order valence-electron chi connectivity index (χ2n) is 7.15. The Hall–Kier alpha value is -3.25. The van der Waals surface area contributed by atoms with Gasteiger partial charge in [-0.05, 0) is 31.6 Å². The summed E-state index contributed by atoms with van der Waals surface area (Å²) in [7, 11) is 4.83. The molecule has 3 rings (SSSR count). The average molecular weight is 413 g/mol. The van der Waals surface area contributed by atoms with Crippen LogP contribution in [0.5, 0.6) is 11.6 Å². The van der Waals surface area contributed by atoms with Crippen molar-refractivity contribution in [2.24, 2.45) is 13.0 Å². The molecule has 2 aromatic rings. The highest BCUT2D eigenvalue weighted by Gasteiger charge is 2.22. The van der Waals surface area contributed by atoms with Gasteiger partial charge in [-0.15, -0.1) is 0 Å². The summed E-state index contributed by atoms with van der Waals surface area (Å²) in [5, 5.41) is 9.77. The highest BCUT2D eigenvalue weighted by atomic mass is 16.5. The SMILES string of the molecule is COc1cc(C#Cc2cc(NC(=O)NC[C@H](C)OCC3CC3)nn2C)cnc1OC. The van der Waals surface area contributed by atoms with Crippen molar-refractivity contribution in [3.8, 4) is 23.5 Å². The van der Waals surface area contributed by atoms with Crippen molar-refractivity contribution in [1.29, 1.82) is 0 Å². The second kappa shape index (κ2) is 9.98. The van der Waals surface area contributed by atoms with Gasteiger partial charge in [0.1, 0.15) is 5.69 Å². The lowest BCUT2D eigenvalue weighted by molar-refractivity contribution is 0.0601. The Morgan fingerprint density at radius 3 is 2.80 bits per heavy atom. The number of carbonyl (C=O) groups excluding carboxylic acids is 1. The molecule has 1 saturated carbocycles. The minimum atomic E-state index is -0.335. The number of nitrogens with zero attached hydrogens (tertiary/aromatic N) is 3. The van der Waals surface area contributed by atoms with Gasteiger partial charge in [0.05, 0.1) is 20.3 Å². The van der Waals surface area contributed by atoms with Gasteiger partial charge in [-0.25, -0.2) is 9.78 Å². The normalized spacial score (nSPS) is 13.7. The average Bonchev–Trinajstić information content (AvgIpc) is 3.51. The number of pyridine rings is 1. The monoisotopic (exact) mass is 413 g/mol. The predicted octanol–water partition coefficient (Wildman–Crippen LogP) is 2.17. The smallest absolute Gasteiger partial charge is 0.320 e. The van der Waals surface area contributed by atoms with Gasteiger partial charge in [0, 0.05) is 44.1 Å². The van der Waals surface area contributed by atoms with Gasteiger partial charge < -0.3 is 19.5 Å². The summed E-state index contributed by atoms with van der Waals surface area (Å²) in [6.07, 6.45) is 4.06. The third kappa shape index (κ3) is 6.12. The number of ether oxygens (including phenoxy) is 3. The van der Waals surface area contributed by atoms with E-state index in [0.717, 1.165) is 6.61 Å². The Morgan fingerprint density at radius 1 is 1.30 bits per heavy atom. The van der Waals surface area contributed by atoms with Gasteiger partial charge in [0.2, 0.25) is 0 Å². The Balaban J connectivity index is 1.55. The number of urea groups is 1. The Labute approximate surface area is 176 Å². The fourth-order valence-corrected chi connectivity index (χ4v) is 2.62. The molecule has 1 fully saturated rings. The van der Waals surface area contributed by atoms with Crippen LogP contribution in [0.3, 0.4) is 0 Å². The third-order valence-electron chi connectivity index (χ3n) is 4.55. The molecule has 0 spiro atoms. The molecule has 2 aromatic heterocycles. The fraction of sp³-hybridized carbons (Fsp3) is 0.476. The van der Waals surface area contributed by atoms with Crippen molar-refractivity contribution < 1.29 is 19.0 Å². The van der Waals surface area contributed by atoms with Crippen molar-refractivity contribution >= 4 is 11.8 Å². The maximum absolute atomic E-state index is 12.1. The zero-order valence-corrected chi connectivity index (χ0v) is 17.7. The molecule has 0 saturated heterocycles. The number of methoxy groups -OCH3 is 2. The summed E-state index contributed by atoms with van der Waals surface area (Å²) < 4.78 is 17.6. The van der Waals surface area contributed by atoms with Crippen LogP contribution < -0.4 is 20.1 Å². The van der Waals surface area contributed by atoms with Crippen molar-refractivity contribution in [2.45, 2.75) is 25.9 Å². The van der Waals surface area contributed by atoms with E-state index in [0.29, 0.717) is 41.2 Å². The molecule has 2 amide bonds. The van der Waals surface area contributed by atoms with E-state index in [9.17, 15) is 4.79 Å². The third-order valence-corrected chi connectivity index (χ3v) is 4.55. The van der Waals surface area contributed by atoms with Gasteiger partial charge in [-0.3, -0.25) is 10.00 Å². The van der Waals surface area contributed by atoms with Crippen molar-refractivity contribution in [1.82, 2.24) is 20.1 Å². The molecule has 0 aromatic carbocycles. The number of carbonyl (C=O) groups is 1. The minimum Gasteiger partial charge on any atom is -0.491 e. The molecule has 1 aliphatic carbocycles. The molecule has 1 atom stereocenters. The first-order valence-electron chi connectivity index (χ1n) is 9.79. The highest BCUT2D eigenvalue weighted by Crippen LogP contribution is 2.29. The topological polar surface area (TPSA) is 99.5 Å². The largest absolute Gasteiger partial charge is 0.491 e. The van der Waals surface area contributed by atoms with E-state index in [4.69, 9.17) is 14.2 Å². The molecule has 1 aliphatic rings. The first kappa shape index (κ1) is 21.5. The van der Waals surface area contributed by atoms with E-state index in [1.165, 1.54) is 20.0 Å². The molecule has 2 heterocycles. The molecule has 30 heavy (non-hydrogen) atoms. The van der Waals surface area contributed by atoms with E-state index in [1.807, 2.05) is 6.92 Å². The molecule has 0 aliphatic heterocycles. The number of nitrogens with one attached hydrogen (secondary N) is 2. The maximum atomic E-state index is 12.1. The van der Waals surface area contributed by atoms with Gasteiger partial charge in [-0.1, -0.05) is 5.92 Å².